The summed E-state index contributed by atoms with van der Waals surface area (Å²) in [5.74, 6) is -0.983. The predicted octanol–water partition coefficient (Wildman–Crippen LogP) is 0.909. The van der Waals surface area contributed by atoms with E-state index in [1.165, 1.54) is 0 Å². The molecule has 0 spiro atoms. The molecule has 100 valence electrons. The molecule has 0 heterocycles. The third-order valence-corrected chi connectivity index (χ3v) is 4.11. The Balaban J connectivity index is 2.71. The molecule has 0 unspecified atom stereocenters. The Morgan fingerprint density at radius 3 is 2.61 bits per heavy atom. The molecular weight excluding hydrogens is 252 g/mol. The summed E-state index contributed by atoms with van der Waals surface area (Å²) in [6, 6.07) is 7.06. The van der Waals surface area contributed by atoms with Crippen molar-refractivity contribution >= 4 is 21.4 Å². The van der Waals surface area contributed by atoms with Crippen molar-refractivity contribution in [1.82, 2.24) is 0 Å². The Labute approximate surface area is 107 Å². The van der Waals surface area contributed by atoms with Crippen LogP contribution in [0.15, 0.2) is 24.3 Å². The molecule has 0 saturated heterocycles. The van der Waals surface area contributed by atoms with Crippen LogP contribution in [0.3, 0.4) is 0 Å². The van der Waals surface area contributed by atoms with Gasteiger partial charge in [0.05, 0.1) is 5.75 Å². The number of benzene rings is 1. The van der Waals surface area contributed by atoms with E-state index in [1.807, 2.05) is 6.07 Å². The van der Waals surface area contributed by atoms with Crippen molar-refractivity contribution in [2.45, 2.75) is 19.9 Å². The fraction of sp³-hybridized carbons (Fsp3) is 0.417. The van der Waals surface area contributed by atoms with Crippen LogP contribution < -0.4 is 11.1 Å². The molecule has 0 aliphatic rings. The number of hydrogen-bond acceptors (Lipinski definition) is 4. The largest absolute Gasteiger partial charge is 0.326 e. The quantitative estimate of drug-likeness (QED) is 0.804. The van der Waals surface area contributed by atoms with Crippen LogP contribution in [-0.4, -0.2) is 25.8 Å². The van der Waals surface area contributed by atoms with Gasteiger partial charge in [-0.15, -0.1) is 0 Å². The molecule has 1 amide bonds. The van der Waals surface area contributed by atoms with Gasteiger partial charge in [0.15, 0.2) is 9.84 Å². The van der Waals surface area contributed by atoms with E-state index >= 15 is 0 Å². The first-order valence-electron chi connectivity index (χ1n) is 5.76. The van der Waals surface area contributed by atoms with E-state index in [4.69, 9.17) is 5.73 Å². The van der Waals surface area contributed by atoms with E-state index in [1.54, 1.807) is 25.1 Å². The lowest BCUT2D eigenvalue weighted by molar-refractivity contribution is -0.113. The lowest BCUT2D eigenvalue weighted by Gasteiger charge is -2.09. The van der Waals surface area contributed by atoms with Gasteiger partial charge in [-0.1, -0.05) is 25.1 Å². The van der Waals surface area contributed by atoms with Gasteiger partial charge >= 0.3 is 0 Å². The van der Waals surface area contributed by atoms with Gasteiger partial charge < -0.3 is 11.1 Å². The minimum atomic E-state index is -3.31. The number of anilines is 1. The molecule has 5 nitrogen and oxygen atoms in total. The van der Waals surface area contributed by atoms with E-state index in [0.29, 0.717) is 12.1 Å². The summed E-state index contributed by atoms with van der Waals surface area (Å²) >= 11 is 0. The lowest BCUT2D eigenvalue weighted by Crippen LogP contribution is -2.25. The van der Waals surface area contributed by atoms with Crippen LogP contribution in [0.25, 0.3) is 0 Å². The monoisotopic (exact) mass is 270 g/mol. The van der Waals surface area contributed by atoms with Crippen LogP contribution in [0.1, 0.15) is 18.9 Å². The van der Waals surface area contributed by atoms with Crippen LogP contribution in [0.5, 0.6) is 0 Å². The van der Waals surface area contributed by atoms with Crippen molar-refractivity contribution in [2.75, 3.05) is 16.8 Å². The summed E-state index contributed by atoms with van der Waals surface area (Å²) < 4.78 is 23.0. The molecule has 6 heteroatoms. The maximum absolute atomic E-state index is 11.6. The van der Waals surface area contributed by atoms with Gasteiger partial charge in [-0.25, -0.2) is 8.42 Å². The van der Waals surface area contributed by atoms with Crippen molar-refractivity contribution in [3.8, 4) is 0 Å². The third-order valence-electron chi connectivity index (χ3n) is 2.38. The molecule has 0 aromatic heterocycles. The second-order valence-electron chi connectivity index (χ2n) is 4.00. The van der Waals surface area contributed by atoms with Gasteiger partial charge in [-0.3, -0.25) is 4.79 Å². The Morgan fingerprint density at radius 2 is 2.00 bits per heavy atom. The minimum Gasteiger partial charge on any atom is -0.326 e. The maximum Gasteiger partial charge on any atom is 0.239 e. The summed E-state index contributed by atoms with van der Waals surface area (Å²) in [4.78, 5) is 11.6. The topological polar surface area (TPSA) is 89.3 Å². The Morgan fingerprint density at radius 1 is 1.33 bits per heavy atom. The smallest absolute Gasteiger partial charge is 0.239 e. The van der Waals surface area contributed by atoms with Gasteiger partial charge in [0.1, 0.15) is 5.75 Å². The first-order chi connectivity index (χ1) is 8.48. The lowest BCUT2D eigenvalue weighted by atomic mass is 10.2. The van der Waals surface area contributed by atoms with Crippen LogP contribution in [-0.2, 0) is 21.2 Å². The number of sulfone groups is 1. The molecule has 0 atom stereocenters. The van der Waals surface area contributed by atoms with E-state index in [2.05, 4.69) is 5.32 Å². The first-order valence-corrected chi connectivity index (χ1v) is 7.59. The molecule has 0 aliphatic heterocycles. The summed E-state index contributed by atoms with van der Waals surface area (Å²) in [6.45, 7) is 2.05. The average Bonchev–Trinajstić information content (AvgIpc) is 2.28. The van der Waals surface area contributed by atoms with Crippen LogP contribution >= 0.6 is 0 Å². The molecule has 18 heavy (non-hydrogen) atoms. The molecule has 0 saturated carbocycles. The van der Waals surface area contributed by atoms with Crippen molar-refractivity contribution < 1.29 is 13.2 Å². The molecule has 0 bridgehead atoms. The number of nitrogens with two attached hydrogens (primary N) is 1. The van der Waals surface area contributed by atoms with Crippen molar-refractivity contribution in [3.05, 3.63) is 29.8 Å². The highest BCUT2D eigenvalue weighted by Crippen LogP contribution is 2.14. The predicted molar refractivity (Wildman–Crippen MR) is 71.9 cm³/mol. The number of carbonyl (C=O) groups excluding carboxylic acids is 1. The summed E-state index contributed by atoms with van der Waals surface area (Å²) in [5.41, 5.74) is 6.87. The van der Waals surface area contributed by atoms with E-state index in [9.17, 15) is 13.2 Å². The molecule has 1 rings (SSSR count). The second-order valence-corrected chi connectivity index (χ2v) is 6.19. The minimum absolute atomic E-state index is 0.0267. The van der Waals surface area contributed by atoms with Crippen LogP contribution in [0.4, 0.5) is 5.69 Å². The van der Waals surface area contributed by atoms with E-state index in [-0.39, 0.29) is 12.3 Å². The summed E-state index contributed by atoms with van der Waals surface area (Å²) in [7, 11) is -3.31. The molecule has 0 aliphatic carbocycles. The van der Waals surface area contributed by atoms with Gasteiger partial charge in [0, 0.05) is 12.2 Å². The fourth-order valence-electron chi connectivity index (χ4n) is 1.59. The second kappa shape index (κ2) is 6.51. The number of nitrogens with one attached hydrogen (secondary N) is 1. The normalized spacial score (nSPS) is 11.2. The van der Waals surface area contributed by atoms with E-state index in [0.717, 1.165) is 5.56 Å². The Hall–Kier alpha value is -1.40. The average molecular weight is 270 g/mol. The third kappa shape index (κ3) is 4.46. The Kier molecular flexibility index (Phi) is 5.30. The first kappa shape index (κ1) is 14.7. The maximum atomic E-state index is 11.6. The van der Waals surface area contributed by atoms with Gasteiger partial charge in [0.25, 0.3) is 0 Å². The highest BCUT2D eigenvalue weighted by Gasteiger charge is 2.16. The number of rotatable bonds is 6. The van der Waals surface area contributed by atoms with Gasteiger partial charge in [0.2, 0.25) is 5.91 Å². The molecule has 0 radical (unpaired) electrons. The fourth-order valence-corrected chi connectivity index (χ4v) is 2.83. The van der Waals surface area contributed by atoms with Crippen molar-refractivity contribution in [3.63, 3.8) is 0 Å². The zero-order valence-electron chi connectivity index (χ0n) is 10.3. The highest BCUT2D eigenvalue weighted by molar-refractivity contribution is 7.92. The van der Waals surface area contributed by atoms with E-state index < -0.39 is 21.5 Å². The molecule has 1 aromatic carbocycles. The van der Waals surface area contributed by atoms with Gasteiger partial charge in [-0.05, 0) is 18.1 Å². The SMILES string of the molecule is CCCS(=O)(=O)CC(=O)Nc1ccccc1CN. The zero-order chi connectivity index (χ0) is 13.6. The molecule has 0 fully saturated rings. The van der Waals surface area contributed by atoms with Crippen LogP contribution in [0.2, 0.25) is 0 Å². The molecular formula is C12H18N2O3S. The van der Waals surface area contributed by atoms with Crippen LogP contribution in [0, 0.1) is 0 Å². The highest BCUT2D eigenvalue weighted by atomic mass is 32.2. The van der Waals surface area contributed by atoms with Gasteiger partial charge in [-0.2, -0.15) is 0 Å². The number of carbonyl (C=O) groups is 1. The number of amides is 1. The molecule has 1 aromatic rings. The summed E-state index contributed by atoms with van der Waals surface area (Å²) in [6.07, 6.45) is 0.509. The van der Waals surface area contributed by atoms with Crippen molar-refractivity contribution in [2.24, 2.45) is 5.73 Å². The molecule has 3 N–H and O–H groups in total. The summed E-state index contributed by atoms with van der Waals surface area (Å²) in [5, 5.41) is 2.58. The number of para-hydroxylation sites is 1. The van der Waals surface area contributed by atoms with Crippen molar-refractivity contribution in [1.29, 1.82) is 0 Å². The Bertz CT molecular complexity index is 512. The zero-order valence-corrected chi connectivity index (χ0v) is 11.2. The number of hydrogen-bond donors (Lipinski definition) is 2. The standard InChI is InChI=1S/C12H18N2O3S/c1-2-7-18(16,17)9-12(15)14-11-6-4-3-5-10(11)8-13/h3-6H,2,7-9,13H2,1H3,(H,14,15).